The minimum Gasteiger partial charge on any atom is -0.383 e. The van der Waals surface area contributed by atoms with Crippen LogP contribution in [0, 0.1) is 0 Å². The molecule has 1 saturated carbocycles. The first-order valence-corrected chi connectivity index (χ1v) is 6.61. The molecule has 0 aliphatic heterocycles. The Bertz CT molecular complexity index is 416. The van der Waals surface area contributed by atoms with Crippen LogP contribution in [0.4, 0.5) is 0 Å². The average Bonchev–Trinajstić information content (AvgIpc) is 3.09. The van der Waals surface area contributed by atoms with Gasteiger partial charge in [-0.15, -0.1) is 5.10 Å². The van der Waals surface area contributed by atoms with Gasteiger partial charge in [-0.05, 0) is 19.8 Å². The molecule has 1 amide bonds. The third-order valence-electron chi connectivity index (χ3n) is 3.05. The summed E-state index contributed by atoms with van der Waals surface area (Å²) in [6, 6.07) is 0.0504. The lowest BCUT2D eigenvalue weighted by atomic mass is 10.3. The van der Waals surface area contributed by atoms with Crippen molar-refractivity contribution in [1.29, 1.82) is 0 Å². The topological polar surface area (TPSA) is 81.1 Å². The summed E-state index contributed by atoms with van der Waals surface area (Å²) in [5, 5.41) is 14.2. The lowest BCUT2D eigenvalue weighted by molar-refractivity contribution is -0.124. The predicted molar refractivity (Wildman–Crippen MR) is 69.5 cm³/mol. The quantitative estimate of drug-likeness (QED) is 0.640. The van der Waals surface area contributed by atoms with E-state index < -0.39 is 0 Å². The largest absolute Gasteiger partial charge is 0.383 e. The van der Waals surface area contributed by atoms with Crippen LogP contribution < -0.4 is 10.6 Å². The Morgan fingerprint density at radius 1 is 1.63 bits per heavy atom. The Kier molecular flexibility index (Phi) is 4.86. The van der Waals surface area contributed by atoms with Gasteiger partial charge in [-0.3, -0.25) is 4.79 Å². The summed E-state index contributed by atoms with van der Waals surface area (Å²) in [6.45, 7) is 3.88. The summed E-state index contributed by atoms with van der Waals surface area (Å²) in [7, 11) is 1.66. The number of amides is 1. The summed E-state index contributed by atoms with van der Waals surface area (Å²) in [6.07, 6.45) is 3.98. The number of methoxy groups -OCH3 is 1. The first-order chi connectivity index (χ1) is 9.20. The van der Waals surface area contributed by atoms with Gasteiger partial charge in [0.1, 0.15) is 6.04 Å². The number of nitrogens with zero attached hydrogens (tertiary/aromatic N) is 3. The number of nitrogens with one attached hydrogen (secondary N) is 2. The second kappa shape index (κ2) is 6.63. The maximum atomic E-state index is 11.9. The van der Waals surface area contributed by atoms with E-state index in [9.17, 15) is 4.79 Å². The van der Waals surface area contributed by atoms with Gasteiger partial charge < -0.3 is 15.4 Å². The maximum Gasteiger partial charge on any atom is 0.244 e. The van der Waals surface area contributed by atoms with E-state index in [1.54, 1.807) is 18.0 Å². The van der Waals surface area contributed by atoms with Gasteiger partial charge in [0.05, 0.1) is 18.5 Å². The first kappa shape index (κ1) is 14.0. The summed E-state index contributed by atoms with van der Waals surface area (Å²) in [4.78, 5) is 11.9. The molecule has 0 bridgehead atoms. The highest BCUT2D eigenvalue weighted by Gasteiger charge is 2.26. The molecular formula is C12H21N5O2. The van der Waals surface area contributed by atoms with Crippen LogP contribution in [0.2, 0.25) is 0 Å². The zero-order valence-electron chi connectivity index (χ0n) is 11.4. The highest BCUT2D eigenvalue weighted by Crippen LogP contribution is 2.19. The van der Waals surface area contributed by atoms with Crippen molar-refractivity contribution >= 4 is 5.91 Å². The maximum absolute atomic E-state index is 11.9. The highest BCUT2D eigenvalue weighted by atomic mass is 16.5. The third kappa shape index (κ3) is 4.29. The van der Waals surface area contributed by atoms with Crippen LogP contribution in [0.15, 0.2) is 6.20 Å². The van der Waals surface area contributed by atoms with Gasteiger partial charge in [-0.2, -0.15) is 0 Å². The van der Waals surface area contributed by atoms with Crippen LogP contribution >= 0.6 is 0 Å². The second-order valence-electron chi connectivity index (χ2n) is 4.82. The Morgan fingerprint density at radius 2 is 2.42 bits per heavy atom. The lowest BCUT2D eigenvalue weighted by Gasteiger charge is -2.10. The van der Waals surface area contributed by atoms with Gasteiger partial charge in [-0.25, -0.2) is 4.68 Å². The summed E-state index contributed by atoms with van der Waals surface area (Å²) >= 11 is 0. The number of carbonyl (C=O) groups excluding carboxylic acids is 1. The van der Waals surface area contributed by atoms with Crippen molar-refractivity contribution in [2.45, 2.75) is 38.4 Å². The molecule has 1 atom stereocenters. The fraction of sp³-hybridized carbons (Fsp3) is 0.750. The Labute approximate surface area is 112 Å². The predicted octanol–water partition coefficient (Wildman–Crippen LogP) is -0.146. The molecule has 1 fully saturated rings. The van der Waals surface area contributed by atoms with E-state index in [2.05, 4.69) is 20.9 Å². The molecule has 2 N–H and O–H groups in total. The van der Waals surface area contributed by atoms with Gasteiger partial charge in [0, 0.05) is 26.2 Å². The third-order valence-corrected chi connectivity index (χ3v) is 3.05. The minimum absolute atomic E-state index is 0.00583. The van der Waals surface area contributed by atoms with Crippen LogP contribution in [-0.4, -0.2) is 47.2 Å². The molecule has 1 heterocycles. The van der Waals surface area contributed by atoms with E-state index in [1.165, 1.54) is 0 Å². The molecule has 0 saturated heterocycles. The van der Waals surface area contributed by atoms with Gasteiger partial charge >= 0.3 is 0 Å². The van der Waals surface area contributed by atoms with Crippen molar-refractivity contribution in [2.24, 2.45) is 0 Å². The van der Waals surface area contributed by atoms with Crippen LogP contribution in [0.5, 0.6) is 0 Å². The van der Waals surface area contributed by atoms with Gasteiger partial charge in [0.2, 0.25) is 5.91 Å². The second-order valence-corrected chi connectivity index (χ2v) is 4.82. The number of hydrogen-bond acceptors (Lipinski definition) is 5. The summed E-state index contributed by atoms with van der Waals surface area (Å²) in [5.41, 5.74) is 0.821. The Balaban J connectivity index is 1.79. The van der Waals surface area contributed by atoms with E-state index in [0.717, 1.165) is 25.1 Å². The molecule has 0 radical (unpaired) electrons. The van der Waals surface area contributed by atoms with Crippen LogP contribution in [0.1, 0.15) is 31.5 Å². The lowest BCUT2D eigenvalue weighted by Crippen LogP contribution is -2.32. The van der Waals surface area contributed by atoms with E-state index in [0.29, 0.717) is 19.2 Å². The normalized spacial score (nSPS) is 16.3. The number of rotatable bonds is 8. The molecule has 106 valence electrons. The van der Waals surface area contributed by atoms with Gasteiger partial charge in [0.25, 0.3) is 0 Å². The molecule has 1 aliphatic rings. The molecule has 1 aromatic heterocycles. The summed E-state index contributed by atoms with van der Waals surface area (Å²) in [5.74, 6) is 0.00583. The van der Waals surface area contributed by atoms with Crippen molar-refractivity contribution in [3.8, 4) is 0 Å². The monoisotopic (exact) mass is 267 g/mol. The molecule has 1 aliphatic carbocycles. The van der Waals surface area contributed by atoms with Crippen LogP contribution in [0.3, 0.4) is 0 Å². The minimum atomic E-state index is -0.319. The first-order valence-electron chi connectivity index (χ1n) is 6.61. The molecular weight excluding hydrogens is 246 g/mol. The molecule has 2 rings (SSSR count). The number of carbonyl (C=O) groups is 1. The van der Waals surface area contributed by atoms with Gasteiger partial charge in [-0.1, -0.05) is 5.21 Å². The number of aromatic nitrogens is 3. The van der Waals surface area contributed by atoms with Crippen molar-refractivity contribution in [3.05, 3.63) is 11.9 Å². The standard InChI is InChI=1S/C12H21N5O2/c1-9(12(18)14-10-3-4-10)17-8-11(15-16-17)7-13-5-6-19-2/h8-10,13H,3-7H2,1-2H3,(H,14,18). The Morgan fingerprint density at radius 3 is 3.11 bits per heavy atom. The molecule has 1 unspecified atom stereocenters. The molecule has 7 nitrogen and oxygen atoms in total. The molecule has 0 aromatic carbocycles. The number of hydrogen-bond donors (Lipinski definition) is 2. The van der Waals surface area contributed by atoms with Crippen LogP contribution in [0.25, 0.3) is 0 Å². The zero-order valence-corrected chi connectivity index (χ0v) is 11.4. The van der Waals surface area contributed by atoms with Crippen LogP contribution in [-0.2, 0) is 16.1 Å². The van der Waals surface area contributed by atoms with E-state index in [-0.39, 0.29) is 11.9 Å². The van der Waals surface area contributed by atoms with Crippen molar-refractivity contribution < 1.29 is 9.53 Å². The summed E-state index contributed by atoms with van der Waals surface area (Å²) < 4.78 is 6.54. The molecule has 19 heavy (non-hydrogen) atoms. The fourth-order valence-electron chi connectivity index (χ4n) is 1.64. The van der Waals surface area contributed by atoms with E-state index >= 15 is 0 Å². The highest BCUT2D eigenvalue weighted by molar-refractivity contribution is 5.80. The number of ether oxygens (including phenoxy) is 1. The van der Waals surface area contributed by atoms with Crippen molar-refractivity contribution in [3.63, 3.8) is 0 Å². The van der Waals surface area contributed by atoms with Crippen molar-refractivity contribution in [1.82, 2.24) is 25.6 Å². The van der Waals surface area contributed by atoms with E-state index in [4.69, 9.17) is 4.74 Å². The molecule has 0 spiro atoms. The fourth-order valence-corrected chi connectivity index (χ4v) is 1.64. The van der Waals surface area contributed by atoms with E-state index in [1.807, 2.05) is 6.92 Å². The van der Waals surface area contributed by atoms with Gasteiger partial charge in [0.15, 0.2) is 0 Å². The zero-order chi connectivity index (χ0) is 13.7. The average molecular weight is 267 g/mol. The SMILES string of the molecule is COCCNCc1cn(C(C)C(=O)NC2CC2)nn1. The Hall–Kier alpha value is -1.47. The molecule has 7 heteroatoms. The van der Waals surface area contributed by atoms with Crippen molar-refractivity contribution in [2.75, 3.05) is 20.3 Å². The molecule has 1 aromatic rings. The smallest absolute Gasteiger partial charge is 0.244 e.